The van der Waals surface area contributed by atoms with Gasteiger partial charge in [0, 0.05) is 17.8 Å². The SMILES string of the molecule is CN(C)C(CNC(=O)c1ccc(S(=O)(=O)Nc2ccc(F)cc2)cc1)c1cccc(F)c1. The van der Waals surface area contributed by atoms with E-state index in [-0.39, 0.29) is 40.5 Å². The third-order valence-electron chi connectivity index (χ3n) is 4.84. The normalized spacial score (nSPS) is 12.4. The van der Waals surface area contributed by atoms with Crippen molar-refractivity contribution >= 4 is 21.6 Å². The van der Waals surface area contributed by atoms with Gasteiger partial charge in [-0.15, -0.1) is 0 Å². The lowest BCUT2D eigenvalue weighted by atomic mass is 10.1. The van der Waals surface area contributed by atoms with Gasteiger partial charge >= 0.3 is 0 Å². The van der Waals surface area contributed by atoms with E-state index < -0.39 is 15.8 Å². The van der Waals surface area contributed by atoms with E-state index in [1.54, 1.807) is 12.1 Å². The fourth-order valence-electron chi connectivity index (χ4n) is 3.12. The molecule has 3 aromatic carbocycles. The Morgan fingerprint density at radius 2 is 1.59 bits per heavy atom. The molecule has 1 atom stereocenters. The monoisotopic (exact) mass is 459 g/mol. The van der Waals surface area contributed by atoms with E-state index >= 15 is 0 Å². The van der Waals surface area contributed by atoms with E-state index in [2.05, 4.69) is 10.0 Å². The maximum Gasteiger partial charge on any atom is 0.261 e. The summed E-state index contributed by atoms with van der Waals surface area (Å²) >= 11 is 0. The zero-order valence-electron chi connectivity index (χ0n) is 17.5. The van der Waals surface area contributed by atoms with Crippen LogP contribution < -0.4 is 10.0 Å². The van der Waals surface area contributed by atoms with Gasteiger partial charge in [0.1, 0.15) is 11.6 Å². The van der Waals surface area contributed by atoms with Crippen LogP contribution in [0.15, 0.2) is 77.7 Å². The predicted octanol–water partition coefficient (Wildman–Crippen LogP) is 3.80. The lowest BCUT2D eigenvalue weighted by Gasteiger charge is -2.25. The maximum absolute atomic E-state index is 13.6. The largest absolute Gasteiger partial charge is 0.350 e. The first kappa shape index (κ1) is 23.4. The molecule has 0 heterocycles. The maximum atomic E-state index is 13.6. The predicted molar refractivity (Wildman–Crippen MR) is 119 cm³/mol. The molecule has 32 heavy (non-hydrogen) atoms. The van der Waals surface area contributed by atoms with E-state index in [9.17, 15) is 22.0 Å². The van der Waals surface area contributed by atoms with Crippen LogP contribution in [0.2, 0.25) is 0 Å². The van der Waals surface area contributed by atoms with Crippen LogP contribution in [0.4, 0.5) is 14.5 Å². The van der Waals surface area contributed by atoms with Crippen LogP contribution in [-0.2, 0) is 10.0 Å². The summed E-state index contributed by atoms with van der Waals surface area (Å²) in [6, 6.07) is 16.3. The highest BCUT2D eigenvalue weighted by Crippen LogP contribution is 2.19. The average molecular weight is 460 g/mol. The van der Waals surface area contributed by atoms with Crippen molar-refractivity contribution in [2.24, 2.45) is 0 Å². The third kappa shape index (κ3) is 5.89. The first-order chi connectivity index (χ1) is 15.2. The Kier molecular flexibility index (Phi) is 7.22. The molecule has 0 aromatic heterocycles. The van der Waals surface area contributed by atoms with Crippen molar-refractivity contribution in [3.8, 4) is 0 Å². The zero-order valence-corrected chi connectivity index (χ0v) is 18.4. The highest BCUT2D eigenvalue weighted by atomic mass is 32.2. The van der Waals surface area contributed by atoms with Crippen molar-refractivity contribution in [2.45, 2.75) is 10.9 Å². The highest BCUT2D eigenvalue weighted by molar-refractivity contribution is 7.92. The van der Waals surface area contributed by atoms with E-state index in [1.807, 2.05) is 19.0 Å². The van der Waals surface area contributed by atoms with Crippen molar-refractivity contribution in [3.05, 3.63) is 95.6 Å². The summed E-state index contributed by atoms with van der Waals surface area (Å²) in [5.74, 6) is -1.22. The molecule has 2 N–H and O–H groups in total. The molecule has 9 heteroatoms. The minimum absolute atomic E-state index is 0.0377. The zero-order chi connectivity index (χ0) is 23.3. The van der Waals surface area contributed by atoms with E-state index in [4.69, 9.17) is 0 Å². The fourth-order valence-corrected chi connectivity index (χ4v) is 4.18. The Bertz CT molecular complexity index is 1180. The van der Waals surface area contributed by atoms with Crippen molar-refractivity contribution in [3.63, 3.8) is 0 Å². The number of sulfonamides is 1. The topological polar surface area (TPSA) is 78.5 Å². The molecule has 0 fully saturated rings. The number of amides is 1. The van der Waals surface area contributed by atoms with Crippen LogP contribution in [0, 0.1) is 11.6 Å². The van der Waals surface area contributed by atoms with E-state index in [0.717, 1.165) is 17.7 Å². The minimum Gasteiger partial charge on any atom is -0.350 e. The number of anilines is 1. The molecule has 0 spiro atoms. The number of nitrogens with one attached hydrogen (secondary N) is 2. The lowest BCUT2D eigenvalue weighted by molar-refractivity contribution is 0.0942. The van der Waals surface area contributed by atoms with Crippen LogP contribution in [0.3, 0.4) is 0 Å². The lowest BCUT2D eigenvalue weighted by Crippen LogP contribution is -2.34. The molecule has 0 aliphatic rings. The summed E-state index contributed by atoms with van der Waals surface area (Å²) in [6.45, 7) is 0.238. The minimum atomic E-state index is -3.89. The fraction of sp³-hybridized carbons (Fsp3) is 0.174. The number of hydrogen-bond donors (Lipinski definition) is 2. The van der Waals surface area contributed by atoms with Crippen molar-refractivity contribution < 1.29 is 22.0 Å². The molecule has 1 amide bonds. The molecule has 3 rings (SSSR count). The summed E-state index contributed by atoms with van der Waals surface area (Å²) in [6.07, 6.45) is 0. The van der Waals surface area contributed by atoms with Crippen molar-refractivity contribution in [1.82, 2.24) is 10.2 Å². The molecule has 0 saturated heterocycles. The van der Waals surface area contributed by atoms with Crippen LogP contribution >= 0.6 is 0 Å². The summed E-state index contributed by atoms with van der Waals surface area (Å²) < 4.78 is 53.9. The van der Waals surface area contributed by atoms with Gasteiger partial charge in [0.15, 0.2) is 0 Å². The number of halogens is 2. The number of rotatable bonds is 8. The van der Waals surface area contributed by atoms with Crippen LogP contribution in [0.25, 0.3) is 0 Å². The van der Waals surface area contributed by atoms with Gasteiger partial charge in [-0.25, -0.2) is 17.2 Å². The Hall–Kier alpha value is -3.30. The molecule has 0 aliphatic heterocycles. The molecule has 168 valence electrons. The molecule has 3 aromatic rings. The highest BCUT2D eigenvalue weighted by Gasteiger charge is 2.18. The van der Waals surface area contributed by atoms with Gasteiger partial charge in [-0.1, -0.05) is 12.1 Å². The molecule has 0 aliphatic carbocycles. The Morgan fingerprint density at radius 3 is 2.19 bits per heavy atom. The van der Waals surface area contributed by atoms with Gasteiger partial charge in [0.2, 0.25) is 0 Å². The molecular formula is C23H23F2N3O3S. The molecule has 1 unspecified atom stereocenters. The Morgan fingerprint density at radius 1 is 0.938 bits per heavy atom. The smallest absolute Gasteiger partial charge is 0.261 e. The second-order valence-corrected chi connectivity index (χ2v) is 9.06. The molecule has 0 saturated carbocycles. The van der Waals surface area contributed by atoms with Crippen LogP contribution in [0.1, 0.15) is 22.0 Å². The van der Waals surface area contributed by atoms with E-state index in [1.165, 1.54) is 48.5 Å². The number of carbonyl (C=O) groups excluding carboxylic acids is 1. The summed E-state index contributed by atoms with van der Waals surface area (Å²) in [4.78, 5) is 14.4. The van der Waals surface area contributed by atoms with Gasteiger partial charge < -0.3 is 10.2 Å². The van der Waals surface area contributed by atoms with E-state index in [0.29, 0.717) is 0 Å². The molecular weight excluding hydrogens is 436 g/mol. The quantitative estimate of drug-likeness (QED) is 0.537. The second-order valence-electron chi connectivity index (χ2n) is 7.38. The van der Waals surface area contributed by atoms with Gasteiger partial charge in [-0.05, 0) is 80.3 Å². The number of nitrogens with zero attached hydrogens (tertiary/aromatic N) is 1. The first-order valence-corrected chi connectivity index (χ1v) is 11.2. The van der Waals surface area contributed by atoms with Gasteiger partial charge in [0.05, 0.1) is 10.9 Å². The summed E-state index contributed by atoms with van der Waals surface area (Å²) in [5, 5.41) is 2.80. The molecule has 0 bridgehead atoms. The molecule has 6 nitrogen and oxygen atoms in total. The first-order valence-electron chi connectivity index (χ1n) is 9.74. The van der Waals surface area contributed by atoms with Crippen molar-refractivity contribution in [1.29, 1.82) is 0 Å². The number of benzene rings is 3. The number of likely N-dealkylation sites (N-methyl/N-ethyl adjacent to an activating group) is 1. The van der Waals surface area contributed by atoms with Gasteiger partial charge in [0.25, 0.3) is 15.9 Å². The summed E-state index contributed by atoms with van der Waals surface area (Å²) in [7, 11) is -0.234. The Balaban J connectivity index is 1.67. The van der Waals surface area contributed by atoms with Crippen molar-refractivity contribution in [2.75, 3.05) is 25.4 Å². The summed E-state index contributed by atoms with van der Waals surface area (Å²) in [5.41, 5.74) is 1.23. The number of hydrogen-bond acceptors (Lipinski definition) is 4. The average Bonchev–Trinajstić information content (AvgIpc) is 2.75. The Labute approximate surface area is 185 Å². The number of carbonyl (C=O) groups is 1. The molecule has 0 radical (unpaired) electrons. The van der Waals surface area contributed by atoms with Crippen LogP contribution in [-0.4, -0.2) is 39.9 Å². The standard InChI is InChI=1S/C23H23F2N3O3S/c1-28(2)22(17-4-3-5-19(25)14-17)15-26-23(29)16-6-12-21(13-7-16)32(30,31)27-20-10-8-18(24)9-11-20/h3-14,22,27H,15H2,1-2H3,(H,26,29). The van der Waals surface area contributed by atoms with Crippen LogP contribution in [0.5, 0.6) is 0 Å². The third-order valence-corrected chi connectivity index (χ3v) is 6.23. The second kappa shape index (κ2) is 9.88. The van der Waals surface area contributed by atoms with Gasteiger partial charge in [-0.3, -0.25) is 9.52 Å². The van der Waals surface area contributed by atoms with Gasteiger partial charge in [-0.2, -0.15) is 0 Å².